The first-order valence-electron chi connectivity index (χ1n) is 6.60. The molecule has 0 atom stereocenters. The van der Waals surface area contributed by atoms with E-state index in [0.717, 1.165) is 22.6 Å². The van der Waals surface area contributed by atoms with Gasteiger partial charge < -0.3 is 10.3 Å². The van der Waals surface area contributed by atoms with Gasteiger partial charge in [0.1, 0.15) is 11.6 Å². The van der Waals surface area contributed by atoms with Gasteiger partial charge in [-0.2, -0.15) is 0 Å². The third kappa shape index (κ3) is 2.59. The first-order valence-corrected chi connectivity index (χ1v) is 6.60. The van der Waals surface area contributed by atoms with Crippen molar-refractivity contribution in [2.45, 2.75) is 13.0 Å². The number of anilines is 1. The molecule has 2 N–H and O–H groups in total. The van der Waals surface area contributed by atoms with Crippen LogP contribution in [0.1, 0.15) is 11.4 Å². The summed E-state index contributed by atoms with van der Waals surface area (Å²) < 4.78 is 15.3. The minimum atomic E-state index is -0.299. The van der Waals surface area contributed by atoms with E-state index >= 15 is 0 Å². The van der Waals surface area contributed by atoms with Crippen LogP contribution < -0.4 is 5.73 Å². The smallest absolute Gasteiger partial charge is 0.125 e. The van der Waals surface area contributed by atoms with E-state index in [-0.39, 0.29) is 5.82 Å². The third-order valence-electron chi connectivity index (χ3n) is 3.38. The molecule has 0 saturated carbocycles. The molecular formula is C17H14FN3. The predicted molar refractivity (Wildman–Crippen MR) is 82.2 cm³/mol. The summed E-state index contributed by atoms with van der Waals surface area (Å²) >= 11 is 0. The average molecular weight is 279 g/mol. The Bertz CT molecular complexity index is 826. The maximum atomic E-state index is 13.3. The van der Waals surface area contributed by atoms with Gasteiger partial charge in [0.05, 0.1) is 17.6 Å². The molecule has 1 aromatic heterocycles. The molecule has 0 saturated heterocycles. The van der Waals surface area contributed by atoms with Gasteiger partial charge in [0.2, 0.25) is 0 Å². The van der Waals surface area contributed by atoms with Crippen LogP contribution in [0.2, 0.25) is 0 Å². The van der Waals surface area contributed by atoms with E-state index < -0.39 is 0 Å². The number of nitrogen functional groups attached to an aromatic ring is 1. The van der Waals surface area contributed by atoms with Gasteiger partial charge >= 0.3 is 0 Å². The molecule has 0 unspecified atom stereocenters. The summed E-state index contributed by atoms with van der Waals surface area (Å²) in [5.74, 6) is 3.14. The van der Waals surface area contributed by atoms with Gasteiger partial charge in [-0.3, -0.25) is 0 Å². The highest BCUT2D eigenvalue weighted by Gasteiger charge is 2.11. The molecule has 0 aliphatic rings. The second-order valence-corrected chi connectivity index (χ2v) is 4.87. The number of imidazole rings is 1. The number of hydrogen-bond donors (Lipinski definition) is 1. The molecule has 4 heteroatoms. The zero-order chi connectivity index (χ0) is 14.8. The molecule has 3 nitrogen and oxygen atoms in total. The van der Waals surface area contributed by atoms with Crippen molar-refractivity contribution < 1.29 is 4.39 Å². The summed E-state index contributed by atoms with van der Waals surface area (Å²) in [4.78, 5) is 4.51. The first kappa shape index (κ1) is 13.2. The maximum Gasteiger partial charge on any atom is 0.125 e. The van der Waals surface area contributed by atoms with E-state index in [4.69, 9.17) is 12.2 Å². The Morgan fingerprint density at radius 3 is 2.67 bits per heavy atom. The van der Waals surface area contributed by atoms with Crippen molar-refractivity contribution in [1.82, 2.24) is 9.55 Å². The summed E-state index contributed by atoms with van der Waals surface area (Å²) in [5.41, 5.74) is 8.96. The summed E-state index contributed by atoms with van der Waals surface area (Å²) in [5, 5.41) is 0. The van der Waals surface area contributed by atoms with Crippen LogP contribution >= 0.6 is 0 Å². The van der Waals surface area contributed by atoms with Crippen LogP contribution in [0.4, 0.5) is 10.1 Å². The highest BCUT2D eigenvalue weighted by atomic mass is 19.1. The number of nitrogens with zero attached hydrogens (tertiary/aromatic N) is 2. The van der Waals surface area contributed by atoms with Gasteiger partial charge in [-0.1, -0.05) is 18.1 Å². The standard InChI is InChI=1S/C17H14FN3/c1-2-9-21-16-8-5-13(18)11-15(16)20-17(21)10-12-3-6-14(19)7-4-12/h1,3-8,11H,9-10,19H2. The SMILES string of the molecule is C#CCn1c(Cc2ccc(N)cc2)nc2cc(F)ccc21. The minimum Gasteiger partial charge on any atom is -0.399 e. The number of nitrogens with two attached hydrogens (primary N) is 1. The largest absolute Gasteiger partial charge is 0.399 e. The van der Waals surface area contributed by atoms with E-state index in [2.05, 4.69) is 10.9 Å². The lowest BCUT2D eigenvalue weighted by Crippen LogP contribution is -2.03. The Labute approximate surface area is 122 Å². The number of halogens is 1. The number of hydrogen-bond acceptors (Lipinski definition) is 2. The highest BCUT2D eigenvalue weighted by molar-refractivity contribution is 5.76. The van der Waals surface area contributed by atoms with Gasteiger partial charge in [0.25, 0.3) is 0 Å². The van der Waals surface area contributed by atoms with Crippen molar-refractivity contribution in [2.75, 3.05) is 5.73 Å². The maximum absolute atomic E-state index is 13.3. The fourth-order valence-electron chi connectivity index (χ4n) is 2.37. The van der Waals surface area contributed by atoms with Gasteiger partial charge in [-0.05, 0) is 29.8 Å². The number of rotatable bonds is 3. The van der Waals surface area contributed by atoms with Crippen LogP contribution in [-0.4, -0.2) is 9.55 Å². The van der Waals surface area contributed by atoms with Crippen LogP contribution in [-0.2, 0) is 13.0 Å². The van der Waals surface area contributed by atoms with Crippen LogP contribution in [0.15, 0.2) is 42.5 Å². The van der Waals surface area contributed by atoms with E-state index in [9.17, 15) is 4.39 Å². The van der Waals surface area contributed by atoms with Crippen molar-refractivity contribution in [3.05, 3.63) is 59.7 Å². The second-order valence-electron chi connectivity index (χ2n) is 4.87. The Kier molecular flexibility index (Phi) is 3.33. The molecule has 0 fully saturated rings. The highest BCUT2D eigenvalue weighted by Crippen LogP contribution is 2.20. The summed E-state index contributed by atoms with van der Waals surface area (Å²) in [7, 11) is 0. The zero-order valence-electron chi connectivity index (χ0n) is 11.4. The molecule has 2 aromatic carbocycles. The van der Waals surface area contributed by atoms with Gasteiger partial charge in [-0.15, -0.1) is 6.42 Å². The Morgan fingerprint density at radius 2 is 1.95 bits per heavy atom. The lowest BCUT2D eigenvalue weighted by Gasteiger charge is -2.06. The van der Waals surface area contributed by atoms with E-state index in [1.54, 1.807) is 6.07 Å². The average Bonchev–Trinajstić information content (AvgIpc) is 2.79. The summed E-state index contributed by atoms with van der Waals surface area (Å²) in [6.07, 6.45) is 6.06. The number of benzene rings is 2. The fourth-order valence-corrected chi connectivity index (χ4v) is 2.37. The van der Waals surface area contributed by atoms with Crippen molar-refractivity contribution in [1.29, 1.82) is 0 Å². The van der Waals surface area contributed by atoms with Crippen LogP contribution in [0.3, 0.4) is 0 Å². The van der Waals surface area contributed by atoms with Crippen LogP contribution in [0.25, 0.3) is 11.0 Å². The second kappa shape index (κ2) is 5.29. The number of aromatic nitrogens is 2. The van der Waals surface area contributed by atoms with Crippen molar-refractivity contribution in [3.8, 4) is 12.3 Å². The van der Waals surface area contributed by atoms with E-state index in [0.29, 0.717) is 18.5 Å². The Morgan fingerprint density at radius 1 is 1.19 bits per heavy atom. The summed E-state index contributed by atoms with van der Waals surface area (Å²) in [6, 6.07) is 12.2. The number of fused-ring (bicyclic) bond motifs is 1. The molecule has 0 amide bonds. The zero-order valence-corrected chi connectivity index (χ0v) is 11.4. The predicted octanol–water partition coefficient (Wildman–Crippen LogP) is 2.98. The number of terminal acetylenes is 1. The first-order chi connectivity index (χ1) is 10.2. The topological polar surface area (TPSA) is 43.8 Å². The fraction of sp³-hybridized carbons (Fsp3) is 0.118. The minimum absolute atomic E-state index is 0.299. The quantitative estimate of drug-likeness (QED) is 0.591. The Hall–Kier alpha value is -2.80. The van der Waals surface area contributed by atoms with Crippen molar-refractivity contribution in [3.63, 3.8) is 0 Å². The molecule has 0 aliphatic carbocycles. The van der Waals surface area contributed by atoms with Crippen LogP contribution in [0, 0.1) is 18.2 Å². The van der Waals surface area contributed by atoms with E-state index in [1.165, 1.54) is 12.1 Å². The van der Waals surface area contributed by atoms with Gasteiger partial charge in [-0.25, -0.2) is 9.37 Å². The molecular weight excluding hydrogens is 265 g/mol. The van der Waals surface area contributed by atoms with Crippen LogP contribution in [0.5, 0.6) is 0 Å². The third-order valence-corrected chi connectivity index (χ3v) is 3.38. The Balaban J connectivity index is 2.06. The van der Waals surface area contributed by atoms with Gasteiger partial charge in [0.15, 0.2) is 0 Å². The molecule has 3 rings (SSSR count). The summed E-state index contributed by atoms with van der Waals surface area (Å²) in [6.45, 7) is 0.409. The molecule has 0 spiro atoms. The monoisotopic (exact) mass is 279 g/mol. The lowest BCUT2D eigenvalue weighted by atomic mass is 10.1. The lowest BCUT2D eigenvalue weighted by molar-refractivity contribution is 0.629. The molecule has 0 radical (unpaired) electrons. The van der Waals surface area contributed by atoms with Crippen molar-refractivity contribution >= 4 is 16.7 Å². The molecule has 1 heterocycles. The molecule has 0 aliphatic heterocycles. The molecule has 0 bridgehead atoms. The molecule has 21 heavy (non-hydrogen) atoms. The molecule has 104 valence electrons. The molecule has 3 aromatic rings. The van der Waals surface area contributed by atoms with E-state index in [1.807, 2.05) is 28.8 Å². The normalized spacial score (nSPS) is 10.7. The van der Waals surface area contributed by atoms with Crippen molar-refractivity contribution in [2.24, 2.45) is 0 Å². The van der Waals surface area contributed by atoms with Gasteiger partial charge in [0, 0.05) is 18.2 Å².